The first-order valence-corrected chi connectivity index (χ1v) is 18.1. The van der Waals surface area contributed by atoms with E-state index in [1.54, 1.807) is 6.08 Å². The minimum atomic E-state index is -1.71. The lowest BCUT2D eigenvalue weighted by Gasteiger charge is -2.65. The molecule has 3 heterocycles. The van der Waals surface area contributed by atoms with Crippen LogP contribution in [-0.2, 0) is 33.3 Å². The molecule has 3 aliphatic heterocycles. The Morgan fingerprint density at radius 3 is 2.30 bits per heavy atom. The Balaban J connectivity index is 1.01. The molecule has 4 aliphatic carbocycles. The number of esters is 1. The molecule has 0 spiro atoms. The molecule has 0 aromatic heterocycles. The molecule has 7 aliphatic rings. The summed E-state index contributed by atoms with van der Waals surface area (Å²) >= 11 is 0. The molecule has 17 atom stereocenters. The standard InChI is InChI=1S/C35H52O15/c1-32-6-3-20-21(35(32,45)9-5-19(32)17-10-25(40)46-15-17)4-8-34(44)12-18(2-7-33(20,34)16-38)47-26-11-22(39)30(24(14-37)48-26)50-31-29(43)28(42)27(41)23(13-36)49-31/h10,16,18-24,26-31,36-37,39,41-45H,2-9,11-15H2,1H3/t18-,19+,20-,21+,22+,23+,24+,26+,27+,28-,29+,30-,31-,32+,33-,34-,35-/m0/s1. The van der Waals surface area contributed by atoms with E-state index in [-0.39, 0.29) is 43.2 Å². The topological polar surface area (TPSA) is 242 Å². The van der Waals surface area contributed by atoms with E-state index >= 15 is 0 Å². The summed E-state index contributed by atoms with van der Waals surface area (Å²) in [6.07, 6.45) is -6.24. The maximum Gasteiger partial charge on any atom is 0.331 e. The molecule has 0 bridgehead atoms. The van der Waals surface area contributed by atoms with Crippen LogP contribution >= 0.6 is 0 Å². The Hall–Kier alpha value is -1.60. The fourth-order valence-corrected chi connectivity index (χ4v) is 11.3. The van der Waals surface area contributed by atoms with Crippen LogP contribution in [0.1, 0.15) is 71.1 Å². The van der Waals surface area contributed by atoms with Gasteiger partial charge in [0.25, 0.3) is 0 Å². The second kappa shape index (κ2) is 13.4. The third-order valence-electron chi connectivity index (χ3n) is 14.0. The zero-order chi connectivity index (χ0) is 35.8. The van der Waals surface area contributed by atoms with Crippen LogP contribution in [0.3, 0.4) is 0 Å². The molecule has 15 heteroatoms. The number of aliphatic hydroxyl groups is 8. The molecule has 7 rings (SSSR count). The Morgan fingerprint density at radius 1 is 0.880 bits per heavy atom. The van der Waals surface area contributed by atoms with Crippen molar-refractivity contribution in [3.8, 4) is 0 Å². The van der Waals surface area contributed by atoms with Gasteiger partial charge < -0.3 is 69.3 Å². The van der Waals surface area contributed by atoms with E-state index in [1.807, 2.05) is 0 Å². The Bertz CT molecular complexity index is 1330. The van der Waals surface area contributed by atoms with Gasteiger partial charge in [0.05, 0.1) is 42.0 Å². The van der Waals surface area contributed by atoms with E-state index in [0.29, 0.717) is 44.9 Å². The largest absolute Gasteiger partial charge is 0.458 e. The second-order valence-corrected chi connectivity index (χ2v) is 16.1. The highest BCUT2D eigenvalue weighted by atomic mass is 16.7. The highest BCUT2D eigenvalue weighted by Crippen LogP contribution is 2.70. The summed E-state index contributed by atoms with van der Waals surface area (Å²) in [6.45, 7) is 1.08. The first-order chi connectivity index (χ1) is 23.7. The first-order valence-electron chi connectivity index (χ1n) is 18.1. The van der Waals surface area contributed by atoms with Crippen LogP contribution in [0, 0.1) is 28.6 Å². The highest BCUT2D eigenvalue weighted by Gasteiger charge is 2.71. The van der Waals surface area contributed by atoms with Crippen LogP contribution in [0.15, 0.2) is 11.6 Å². The van der Waals surface area contributed by atoms with Crippen molar-refractivity contribution in [3.63, 3.8) is 0 Å². The number of cyclic esters (lactones) is 1. The van der Waals surface area contributed by atoms with Crippen LogP contribution in [0.5, 0.6) is 0 Å². The zero-order valence-corrected chi connectivity index (χ0v) is 28.3. The normalized spacial score (nSPS) is 53.5. The summed E-state index contributed by atoms with van der Waals surface area (Å²) < 4.78 is 28.6. The van der Waals surface area contributed by atoms with Gasteiger partial charge in [0.2, 0.25) is 0 Å². The number of aldehydes is 1. The SMILES string of the molecule is C[C@]12CC[C@H]3[C@@H](CC[C@]4(O)C[C@@H](O[C@H]5C[C@@H](O)[C@H](O[C@@H]6O[C@H](CO)[C@@H](O)[C@H](O)[C@H]6O)[C@@H](CO)O5)CC[C@]34C=O)[C@@]1(O)CC[C@@H]2C1=CC(=O)OC1. The van der Waals surface area contributed by atoms with Gasteiger partial charge in [-0.15, -0.1) is 0 Å². The minimum absolute atomic E-state index is 0.00724. The fourth-order valence-electron chi connectivity index (χ4n) is 11.3. The van der Waals surface area contributed by atoms with Gasteiger partial charge >= 0.3 is 5.97 Å². The minimum Gasteiger partial charge on any atom is -0.458 e. The van der Waals surface area contributed by atoms with E-state index < -0.39 is 96.7 Å². The van der Waals surface area contributed by atoms with Crippen LogP contribution in [0.2, 0.25) is 0 Å². The van der Waals surface area contributed by atoms with Crippen molar-refractivity contribution >= 4 is 12.3 Å². The molecule has 282 valence electrons. The number of hydrogen-bond donors (Lipinski definition) is 8. The molecule has 15 nitrogen and oxygen atoms in total. The molecule has 2 saturated heterocycles. The average Bonchev–Trinajstić information content (AvgIpc) is 3.64. The molecule has 0 unspecified atom stereocenters. The summed E-state index contributed by atoms with van der Waals surface area (Å²) in [4.78, 5) is 25.1. The molecular weight excluding hydrogens is 660 g/mol. The lowest BCUT2D eigenvalue weighted by molar-refractivity contribution is -0.349. The van der Waals surface area contributed by atoms with Crippen molar-refractivity contribution in [2.45, 2.75) is 144 Å². The monoisotopic (exact) mass is 712 g/mol. The molecule has 0 aromatic rings. The molecule has 8 N–H and O–H groups in total. The molecule has 6 fully saturated rings. The van der Waals surface area contributed by atoms with Gasteiger partial charge in [0.1, 0.15) is 49.5 Å². The Kier molecular flexibility index (Phi) is 9.82. The maximum atomic E-state index is 13.2. The predicted molar refractivity (Wildman–Crippen MR) is 167 cm³/mol. The Morgan fingerprint density at radius 2 is 1.62 bits per heavy atom. The van der Waals surface area contributed by atoms with Gasteiger partial charge in [-0.05, 0) is 74.7 Å². The van der Waals surface area contributed by atoms with E-state index in [1.165, 1.54) is 0 Å². The van der Waals surface area contributed by atoms with Crippen molar-refractivity contribution in [1.29, 1.82) is 0 Å². The number of carbonyl (C=O) groups excluding carboxylic acids is 2. The maximum absolute atomic E-state index is 13.2. The van der Waals surface area contributed by atoms with Crippen molar-refractivity contribution in [2.24, 2.45) is 28.6 Å². The van der Waals surface area contributed by atoms with Crippen molar-refractivity contribution < 1.29 is 74.1 Å². The number of carbonyl (C=O) groups is 2. The highest BCUT2D eigenvalue weighted by molar-refractivity contribution is 5.85. The van der Waals surface area contributed by atoms with Crippen LogP contribution in [-0.4, -0.2) is 146 Å². The third kappa shape index (κ3) is 5.54. The van der Waals surface area contributed by atoms with E-state index in [0.717, 1.165) is 18.3 Å². The summed E-state index contributed by atoms with van der Waals surface area (Å²) in [5.74, 6) is -0.780. The number of fused-ring (bicyclic) bond motifs is 5. The third-order valence-corrected chi connectivity index (χ3v) is 14.0. The first kappa shape index (κ1) is 36.7. The number of aliphatic hydroxyl groups excluding tert-OH is 6. The molecule has 0 amide bonds. The molecule has 0 radical (unpaired) electrons. The zero-order valence-electron chi connectivity index (χ0n) is 28.3. The predicted octanol–water partition coefficient (Wildman–Crippen LogP) is -1.42. The number of ether oxygens (including phenoxy) is 5. The summed E-state index contributed by atoms with van der Waals surface area (Å²) in [7, 11) is 0. The Labute approximate surface area is 290 Å². The molecule has 50 heavy (non-hydrogen) atoms. The van der Waals surface area contributed by atoms with E-state index in [9.17, 15) is 50.4 Å². The molecule has 4 saturated carbocycles. The summed E-state index contributed by atoms with van der Waals surface area (Å²) in [5.41, 5.74) is -3.10. The summed E-state index contributed by atoms with van der Waals surface area (Å²) in [6, 6.07) is 0. The lowest BCUT2D eigenvalue weighted by atomic mass is 9.41. The fraction of sp³-hybridized carbons (Fsp3) is 0.886. The summed E-state index contributed by atoms with van der Waals surface area (Å²) in [5, 5.41) is 86.1. The van der Waals surface area contributed by atoms with Gasteiger partial charge in [-0.1, -0.05) is 6.92 Å². The van der Waals surface area contributed by atoms with E-state index in [2.05, 4.69) is 6.92 Å². The van der Waals surface area contributed by atoms with Gasteiger partial charge in [0, 0.05) is 24.3 Å². The van der Waals surface area contributed by atoms with Crippen molar-refractivity contribution in [1.82, 2.24) is 0 Å². The molecular formula is C35H52O15. The van der Waals surface area contributed by atoms with Crippen LogP contribution in [0.4, 0.5) is 0 Å². The average molecular weight is 713 g/mol. The number of rotatable bonds is 8. The van der Waals surface area contributed by atoms with Gasteiger partial charge in [-0.2, -0.15) is 0 Å². The van der Waals surface area contributed by atoms with Gasteiger partial charge in [0.15, 0.2) is 12.6 Å². The quantitative estimate of drug-likeness (QED) is 0.0818. The smallest absolute Gasteiger partial charge is 0.331 e. The molecule has 0 aromatic carbocycles. The van der Waals surface area contributed by atoms with Gasteiger partial charge in [-0.3, -0.25) is 0 Å². The van der Waals surface area contributed by atoms with Crippen LogP contribution in [0.25, 0.3) is 0 Å². The number of hydrogen-bond acceptors (Lipinski definition) is 15. The van der Waals surface area contributed by atoms with Gasteiger partial charge in [-0.25, -0.2) is 4.79 Å². The van der Waals surface area contributed by atoms with Crippen LogP contribution < -0.4 is 0 Å². The second-order valence-electron chi connectivity index (χ2n) is 16.1. The van der Waals surface area contributed by atoms with E-state index in [4.69, 9.17) is 23.7 Å². The van der Waals surface area contributed by atoms with Crippen molar-refractivity contribution in [3.05, 3.63) is 11.6 Å². The van der Waals surface area contributed by atoms with Crippen molar-refractivity contribution in [2.75, 3.05) is 19.8 Å². The lowest BCUT2D eigenvalue weighted by Crippen LogP contribution is -2.69.